The fraction of sp³-hybridized carbons (Fsp3) is 0. The first-order valence-electron chi connectivity index (χ1n) is 6.19. The second-order valence-corrected chi connectivity index (χ2v) is 5.73. The number of hydrogen-bond donors (Lipinski definition) is 1. The number of benzene rings is 2. The molecule has 0 aliphatic carbocycles. The fourth-order valence-corrected chi connectivity index (χ4v) is 2.99. The van der Waals surface area contributed by atoms with Crippen molar-refractivity contribution in [2.24, 2.45) is 0 Å². The van der Waals surface area contributed by atoms with E-state index < -0.39 is 5.97 Å². The van der Waals surface area contributed by atoms with E-state index in [0.717, 1.165) is 21.8 Å². The van der Waals surface area contributed by atoms with E-state index in [1.54, 1.807) is 18.2 Å². The second-order valence-electron chi connectivity index (χ2n) is 4.43. The van der Waals surface area contributed by atoms with Crippen LogP contribution in [-0.4, -0.2) is 16.1 Å². The highest BCUT2D eigenvalue weighted by Gasteiger charge is 2.09. The van der Waals surface area contributed by atoms with E-state index in [-0.39, 0.29) is 5.56 Å². The fourth-order valence-electron chi connectivity index (χ4n) is 1.97. The molecule has 1 aromatic heterocycles. The predicted octanol–water partition coefficient (Wildman–Crippen LogP) is 4.83. The molecule has 0 unspecified atom stereocenters. The third-order valence-electron chi connectivity index (χ3n) is 2.98. The number of carbonyl (C=O) groups is 1. The summed E-state index contributed by atoms with van der Waals surface area (Å²) in [5.41, 5.74) is 2.83. The Morgan fingerprint density at radius 2 is 1.86 bits per heavy atom. The summed E-state index contributed by atoms with van der Waals surface area (Å²) in [5.74, 6) is -0.941. The molecule has 5 heteroatoms. The number of halogens is 1. The van der Waals surface area contributed by atoms with Gasteiger partial charge in [0.25, 0.3) is 0 Å². The smallest absolute Gasteiger partial charge is 0.335 e. The first kappa shape index (κ1) is 13.8. The SMILES string of the molecule is O=C(O)c1cccc(-c2nc(-c3cccc(Cl)c3)cs2)c1. The highest BCUT2D eigenvalue weighted by molar-refractivity contribution is 7.13. The van der Waals surface area contributed by atoms with Crippen LogP contribution >= 0.6 is 22.9 Å². The van der Waals surface area contributed by atoms with Gasteiger partial charge in [0.15, 0.2) is 0 Å². The lowest BCUT2D eigenvalue weighted by molar-refractivity contribution is 0.0697. The highest BCUT2D eigenvalue weighted by atomic mass is 35.5. The molecule has 0 saturated heterocycles. The van der Waals surface area contributed by atoms with Crippen molar-refractivity contribution in [2.45, 2.75) is 0 Å². The molecule has 0 spiro atoms. The van der Waals surface area contributed by atoms with E-state index in [9.17, 15) is 4.79 Å². The van der Waals surface area contributed by atoms with Crippen LogP contribution in [0.25, 0.3) is 21.8 Å². The number of rotatable bonds is 3. The minimum Gasteiger partial charge on any atom is -0.478 e. The zero-order valence-electron chi connectivity index (χ0n) is 10.8. The summed E-state index contributed by atoms with van der Waals surface area (Å²) in [6, 6.07) is 14.3. The molecule has 1 heterocycles. The summed E-state index contributed by atoms with van der Waals surface area (Å²) in [6.07, 6.45) is 0. The van der Waals surface area contributed by atoms with Gasteiger partial charge in [0.1, 0.15) is 5.01 Å². The quantitative estimate of drug-likeness (QED) is 0.753. The Hall–Kier alpha value is -2.17. The Kier molecular flexibility index (Phi) is 3.73. The van der Waals surface area contributed by atoms with E-state index >= 15 is 0 Å². The van der Waals surface area contributed by atoms with Gasteiger partial charge in [0.05, 0.1) is 11.3 Å². The topological polar surface area (TPSA) is 50.2 Å². The monoisotopic (exact) mass is 315 g/mol. The summed E-state index contributed by atoms with van der Waals surface area (Å²) in [5, 5.41) is 12.4. The van der Waals surface area contributed by atoms with Gasteiger partial charge in [-0.05, 0) is 24.3 Å². The molecule has 3 nitrogen and oxygen atoms in total. The molecule has 3 rings (SSSR count). The van der Waals surface area contributed by atoms with Gasteiger partial charge in [-0.3, -0.25) is 0 Å². The summed E-state index contributed by atoms with van der Waals surface area (Å²) >= 11 is 7.46. The molecule has 0 radical (unpaired) electrons. The van der Waals surface area contributed by atoms with Crippen molar-refractivity contribution in [3.05, 3.63) is 64.5 Å². The molecule has 2 aromatic carbocycles. The first-order valence-corrected chi connectivity index (χ1v) is 7.44. The summed E-state index contributed by atoms with van der Waals surface area (Å²) in [6.45, 7) is 0. The van der Waals surface area contributed by atoms with Crippen molar-refractivity contribution in [1.82, 2.24) is 4.98 Å². The van der Waals surface area contributed by atoms with Crippen LogP contribution < -0.4 is 0 Å². The van der Waals surface area contributed by atoms with Gasteiger partial charge in [-0.1, -0.05) is 35.9 Å². The summed E-state index contributed by atoms with van der Waals surface area (Å²) in [7, 11) is 0. The molecular formula is C16H10ClNO2S. The molecular weight excluding hydrogens is 306 g/mol. The summed E-state index contributed by atoms with van der Waals surface area (Å²) < 4.78 is 0. The zero-order valence-corrected chi connectivity index (χ0v) is 12.4. The lowest BCUT2D eigenvalue weighted by atomic mass is 10.1. The van der Waals surface area contributed by atoms with Gasteiger partial charge >= 0.3 is 5.97 Å². The van der Waals surface area contributed by atoms with Gasteiger partial charge in [0, 0.05) is 21.5 Å². The van der Waals surface area contributed by atoms with Gasteiger partial charge < -0.3 is 5.11 Å². The van der Waals surface area contributed by atoms with Gasteiger partial charge in [-0.2, -0.15) is 0 Å². The number of thiazole rings is 1. The maximum Gasteiger partial charge on any atom is 0.335 e. The third-order valence-corrected chi connectivity index (χ3v) is 4.11. The largest absolute Gasteiger partial charge is 0.478 e. The maximum atomic E-state index is 11.0. The molecule has 1 N–H and O–H groups in total. The number of carboxylic acid groups (broad SMARTS) is 1. The molecule has 3 aromatic rings. The van der Waals surface area contributed by atoms with Crippen molar-refractivity contribution < 1.29 is 9.90 Å². The average molecular weight is 316 g/mol. The lowest BCUT2D eigenvalue weighted by Crippen LogP contribution is -1.95. The van der Waals surface area contributed by atoms with Crippen LogP contribution in [0.3, 0.4) is 0 Å². The maximum absolute atomic E-state index is 11.0. The molecule has 0 bridgehead atoms. The van der Waals surface area contributed by atoms with Crippen LogP contribution in [0.5, 0.6) is 0 Å². The number of aromatic nitrogens is 1. The van der Waals surface area contributed by atoms with Crippen LogP contribution in [0.1, 0.15) is 10.4 Å². The van der Waals surface area contributed by atoms with Crippen LogP contribution in [0, 0.1) is 0 Å². The molecule has 0 fully saturated rings. The number of nitrogens with zero attached hydrogens (tertiary/aromatic N) is 1. The minimum atomic E-state index is -0.941. The van der Waals surface area contributed by atoms with Crippen LogP contribution in [0.15, 0.2) is 53.9 Å². The van der Waals surface area contributed by atoms with E-state index in [2.05, 4.69) is 4.98 Å². The van der Waals surface area contributed by atoms with Crippen molar-refractivity contribution in [3.8, 4) is 21.8 Å². The average Bonchev–Trinajstić information content (AvgIpc) is 2.97. The van der Waals surface area contributed by atoms with Crippen molar-refractivity contribution in [1.29, 1.82) is 0 Å². The highest BCUT2D eigenvalue weighted by Crippen LogP contribution is 2.30. The van der Waals surface area contributed by atoms with Gasteiger partial charge in [-0.15, -0.1) is 11.3 Å². The van der Waals surface area contributed by atoms with Crippen molar-refractivity contribution >= 4 is 28.9 Å². The normalized spacial score (nSPS) is 10.5. The van der Waals surface area contributed by atoms with Gasteiger partial charge in [0.2, 0.25) is 0 Å². The Balaban J connectivity index is 1.98. The molecule has 0 atom stereocenters. The molecule has 0 amide bonds. The van der Waals surface area contributed by atoms with E-state index in [4.69, 9.17) is 16.7 Å². The molecule has 0 aliphatic heterocycles. The molecule has 0 saturated carbocycles. The Morgan fingerprint density at radius 3 is 2.62 bits per heavy atom. The van der Waals surface area contributed by atoms with Crippen molar-refractivity contribution in [3.63, 3.8) is 0 Å². The summed E-state index contributed by atoms with van der Waals surface area (Å²) in [4.78, 5) is 15.6. The van der Waals surface area contributed by atoms with Crippen molar-refractivity contribution in [2.75, 3.05) is 0 Å². The number of carboxylic acids is 1. The molecule has 0 aliphatic rings. The predicted molar refractivity (Wildman–Crippen MR) is 85.0 cm³/mol. The molecule has 21 heavy (non-hydrogen) atoms. The van der Waals surface area contributed by atoms with Gasteiger partial charge in [-0.25, -0.2) is 9.78 Å². The standard InChI is InChI=1S/C16H10ClNO2S/c17-13-6-2-3-10(8-13)14-9-21-15(18-14)11-4-1-5-12(7-11)16(19)20/h1-9H,(H,19,20). The Bertz CT molecular complexity index is 813. The zero-order chi connectivity index (χ0) is 14.8. The third kappa shape index (κ3) is 2.96. The Labute approximate surface area is 130 Å². The van der Waals surface area contributed by atoms with Crippen LogP contribution in [0.2, 0.25) is 5.02 Å². The van der Waals surface area contributed by atoms with E-state index in [0.29, 0.717) is 5.02 Å². The van der Waals surface area contributed by atoms with E-state index in [1.807, 2.05) is 35.7 Å². The number of aromatic carboxylic acids is 1. The van der Waals surface area contributed by atoms with Crippen LogP contribution in [0.4, 0.5) is 0 Å². The molecule has 104 valence electrons. The second kappa shape index (κ2) is 5.68. The Morgan fingerprint density at radius 1 is 1.10 bits per heavy atom. The van der Waals surface area contributed by atoms with Crippen LogP contribution in [-0.2, 0) is 0 Å². The van der Waals surface area contributed by atoms with E-state index in [1.165, 1.54) is 11.3 Å². The first-order chi connectivity index (χ1) is 10.1. The lowest BCUT2D eigenvalue weighted by Gasteiger charge is -1.99. The minimum absolute atomic E-state index is 0.256. The number of hydrogen-bond acceptors (Lipinski definition) is 3.